The summed E-state index contributed by atoms with van der Waals surface area (Å²) in [6.07, 6.45) is 5.22. The molecule has 19 heavy (non-hydrogen) atoms. The third-order valence-corrected chi connectivity index (χ3v) is 4.11. The lowest BCUT2D eigenvalue weighted by atomic mass is 9.94. The third-order valence-electron chi connectivity index (χ3n) is 4.11. The van der Waals surface area contributed by atoms with Gasteiger partial charge in [0.2, 0.25) is 0 Å². The van der Waals surface area contributed by atoms with Crippen LogP contribution in [0.25, 0.3) is 0 Å². The highest BCUT2D eigenvalue weighted by Crippen LogP contribution is 2.19. The zero-order valence-corrected chi connectivity index (χ0v) is 13.2. The SMILES string of the molecule is CCC(CC)n1ccc(CC(NC)C(C)(C)OC)n1. The summed E-state index contributed by atoms with van der Waals surface area (Å²) in [4.78, 5) is 0. The third kappa shape index (κ3) is 4.05. The average Bonchev–Trinajstić information content (AvgIpc) is 2.85. The quantitative estimate of drug-likeness (QED) is 0.787. The van der Waals surface area contributed by atoms with E-state index in [1.807, 2.05) is 7.05 Å². The summed E-state index contributed by atoms with van der Waals surface area (Å²) in [5, 5.41) is 8.04. The molecular formula is C15H29N3O. The molecule has 1 unspecified atom stereocenters. The van der Waals surface area contributed by atoms with Crippen molar-refractivity contribution in [1.82, 2.24) is 15.1 Å². The molecule has 0 aliphatic heterocycles. The second-order valence-corrected chi connectivity index (χ2v) is 5.61. The van der Waals surface area contributed by atoms with E-state index in [0.717, 1.165) is 25.0 Å². The Kier molecular flexibility index (Phi) is 6.01. The van der Waals surface area contributed by atoms with Gasteiger partial charge in [0, 0.05) is 25.8 Å². The van der Waals surface area contributed by atoms with Crippen LogP contribution in [0.5, 0.6) is 0 Å². The standard InChI is InChI=1S/C15H29N3O/c1-7-13(8-2)18-10-9-12(17-18)11-14(16-5)15(3,4)19-6/h9-10,13-14,16H,7-8,11H2,1-6H3. The zero-order chi connectivity index (χ0) is 14.5. The first-order valence-electron chi connectivity index (χ1n) is 7.24. The van der Waals surface area contributed by atoms with Gasteiger partial charge in [0.25, 0.3) is 0 Å². The van der Waals surface area contributed by atoms with E-state index in [4.69, 9.17) is 9.84 Å². The Labute approximate surface area is 117 Å². The molecule has 0 fully saturated rings. The van der Waals surface area contributed by atoms with Gasteiger partial charge >= 0.3 is 0 Å². The van der Waals surface area contributed by atoms with Crippen molar-refractivity contribution in [2.45, 2.75) is 64.6 Å². The van der Waals surface area contributed by atoms with Crippen molar-refractivity contribution in [2.75, 3.05) is 14.2 Å². The molecule has 4 nitrogen and oxygen atoms in total. The van der Waals surface area contributed by atoms with Crippen LogP contribution in [0.1, 0.15) is 52.3 Å². The van der Waals surface area contributed by atoms with Crippen LogP contribution in [0, 0.1) is 0 Å². The minimum Gasteiger partial charge on any atom is -0.377 e. The van der Waals surface area contributed by atoms with Crippen molar-refractivity contribution in [3.05, 3.63) is 18.0 Å². The van der Waals surface area contributed by atoms with Gasteiger partial charge in [0.05, 0.1) is 17.3 Å². The van der Waals surface area contributed by atoms with Gasteiger partial charge in [-0.2, -0.15) is 5.10 Å². The molecule has 1 rings (SSSR count). The number of hydrogen-bond donors (Lipinski definition) is 1. The van der Waals surface area contributed by atoms with Gasteiger partial charge in [-0.15, -0.1) is 0 Å². The summed E-state index contributed by atoms with van der Waals surface area (Å²) in [7, 11) is 3.73. The Morgan fingerprint density at radius 1 is 1.37 bits per heavy atom. The number of ether oxygens (including phenoxy) is 1. The number of aromatic nitrogens is 2. The number of rotatable bonds is 8. The summed E-state index contributed by atoms with van der Waals surface area (Å²) in [6.45, 7) is 8.62. The summed E-state index contributed by atoms with van der Waals surface area (Å²) in [6, 6.07) is 2.88. The van der Waals surface area contributed by atoms with Gasteiger partial charge in [-0.3, -0.25) is 4.68 Å². The highest BCUT2D eigenvalue weighted by molar-refractivity contribution is 5.05. The van der Waals surface area contributed by atoms with E-state index < -0.39 is 0 Å². The van der Waals surface area contributed by atoms with Gasteiger partial charge in [-0.25, -0.2) is 0 Å². The molecular weight excluding hydrogens is 238 g/mol. The topological polar surface area (TPSA) is 39.1 Å². The molecule has 0 bridgehead atoms. The molecule has 1 heterocycles. The number of methoxy groups -OCH3 is 1. The van der Waals surface area contributed by atoms with Gasteiger partial charge in [0.15, 0.2) is 0 Å². The molecule has 0 aromatic carbocycles. The molecule has 0 radical (unpaired) electrons. The minimum absolute atomic E-state index is 0.201. The Hall–Kier alpha value is -0.870. The maximum Gasteiger partial charge on any atom is 0.0778 e. The molecule has 0 spiro atoms. The fraction of sp³-hybridized carbons (Fsp3) is 0.800. The van der Waals surface area contributed by atoms with Gasteiger partial charge in [-0.1, -0.05) is 13.8 Å². The Balaban J connectivity index is 2.77. The van der Waals surface area contributed by atoms with Crippen LogP contribution in [-0.2, 0) is 11.2 Å². The lowest BCUT2D eigenvalue weighted by molar-refractivity contribution is -0.00826. The molecule has 0 amide bonds. The van der Waals surface area contributed by atoms with Gasteiger partial charge < -0.3 is 10.1 Å². The van der Waals surface area contributed by atoms with Crippen LogP contribution < -0.4 is 5.32 Å². The first-order valence-corrected chi connectivity index (χ1v) is 7.24. The summed E-state index contributed by atoms with van der Waals surface area (Å²) in [5.41, 5.74) is 0.921. The monoisotopic (exact) mass is 267 g/mol. The summed E-state index contributed by atoms with van der Waals surface area (Å²) in [5.74, 6) is 0. The number of nitrogens with zero attached hydrogens (tertiary/aromatic N) is 2. The van der Waals surface area contributed by atoms with Gasteiger partial charge in [-0.05, 0) is 39.8 Å². The Morgan fingerprint density at radius 3 is 2.47 bits per heavy atom. The number of likely N-dealkylation sites (N-methyl/N-ethyl adjacent to an activating group) is 1. The van der Waals surface area contributed by atoms with Crippen molar-refractivity contribution in [1.29, 1.82) is 0 Å². The van der Waals surface area contributed by atoms with Crippen LogP contribution in [0.2, 0.25) is 0 Å². The van der Waals surface area contributed by atoms with E-state index in [2.05, 4.69) is 50.0 Å². The molecule has 0 saturated heterocycles. The first-order chi connectivity index (χ1) is 8.98. The number of nitrogens with one attached hydrogen (secondary N) is 1. The largest absolute Gasteiger partial charge is 0.377 e. The second kappa shape index (κ2) is 7.06. The molecule has 1 N–H and O–H groups in total. The average molecular weight is 267 g/mol. The van der Waals surface area contributed by atoms with E-state index in [1.54, 1.807) is 7.11 Å². The van der Waals surface area contributed by atoms with E-state index >= 15 is 0 Å². The molecule has 0 saturated carbocycles. The fourth-order valence-corrected chi connectivity index (χ4v) is 2.40. The van der Waals surface area contributed by atoms with Crippen LogP contribution in [0.3, 0.4) is 0 Å². The van der Waals surface area contributed by atoms with E-state index in [1.165, 1.54) is 0 Å². The van der Waals surface area contributed by atoms with Gasteiger partial charge in [0.1, 0.15) is 0 Å². The van der Waals surface area contributed by atoms with E-state index in [-0.39, 0.29) is 11.6 Å². The fourth-order valence-electron chi connectivity index (χ4n) is 2.40. The van der Waals surface area contributed by atoms with E-state index in [9.17, 15) is 0 Å². The Bertz CT molecular complexity index is 369. The first kappa shape index (κ1) is 16.2. The predicted octanol–water partition coefficient (Wildman–Crippen LogP) is 2.80. The van der Waals surface area contributed by atoms with Crippen LogP contribution in [0.4, 0.5) is 0 Å². The van der Waals surface area contributed by atoms with Crippen molar-refractivity contribution in [3.63, 3.8) is 0 Å². The van der Waals surface area contributed by atoms with Crippen LogP contribution in [-0.4, -0.2) is 35.6 Å². The van der Waals surface area contributed by atoms with Crippen molar-refractivity contribution in [3.8, 4) is 0 Å². The van der Waals surface area contributed by atoms with E-state index in [0.29, 0.717) is 6.04 Å². The maximum absolute atomic E-state index is 5.56. The molecule has 1 atom stereocenters. The predicted molar refractivity (Wildman–Crippen MR) is 79.5 cm³/mol. The second-order valence-electron chi connectivity index (χ2n) is 5.61. The van der Waals surface area contributed by atoms with Crippen molar-refractivity contribution >= 4 is 0 Å². The Morgan fingerprint density at radius 2 is 2.00 bits per heavy atom. The molecule has 1 aromatic rings. The molecule has 4 heteroatoms. The van der Waals surface area contributed by atoms with Crippen molar-refractivity contribution < 1.29 is 4.74 Å². The summed E-state index contributed by atoms with van der Waals surface area (Å²) < 4.78 is 7.66. The zero-order valence-electron chi connectivity index (χ0n) is 13.2. The van der Waals surface area contributed by atoms with Crippen molar-refractivity contribution in [2.24, 2.45) is 0 Å². The van der Waals surface area contributed by atoms with Crippen LogP contribution >= 0.6 is 0 Å². The lowest BCUT2D eigenvalue weighted by Gasteiger charge is -2.32. The maximum atomic E-state index is 5.56. The van der Waals surface area contributed by atoms with Crippen LogP contribution in [0.15, 0.2) is 12.3 Å². The normalized spacial score (nSPS) is 14.1. The molecule has 1 aromatic heterocycles. The highest BCUT2D eigenvalue weighted by atomic mass is 16.5. The molecule has 0 aliphatic carbocycles. The lowest BCUT2D eigenvalue weighted by Crippen LogP contribution is -2.48. The minimum atomic E-state index is -0.201. The smallest absolute Gasteiger partial charge is 0.0778 e. The number of hydrogen-bond acceptors (Lipinski definition) is 3. The molecule has 0 aliphatic rings. The highest BCUT2D eigenvalue weighted by Gasteiger charge is 2.28. The molecule has 110 valence electrons. The summed E-state index contributed by atoms with van der Waals surface area (Å²) >= 11 is 0.